The van der Waals surface area contributed by atoms with Crippen molar-refractivity contribution in [3.05, 3.63) is 101 Å². The third kappa shape index (κ3) is 4.18. The number of phenolic OH excluding ortho intramolecular Hbond substituents is 1. The largest absolute Gasteiger partial charge is 0.507 e. The number of aromatic nitrogens is 1. The van der Waals surface area contributed by atoms with Gasteiger partial charge in [0, 0.05) is 39.9 Å². The van der Waals surface area contributed by atoms with Gasteiger partial charge in [-0.3, -0.25) is 4.79 Å². The van der Waals surface area contributed by atoms with Gasteiger partial charge in [-0.2, -0.15) is 10.4 Å². The Kier molecular flexibility index (Phi) is 5.64. The van der Waals surface area contributed by atoms with Gasteiger partial charge in [-0.1, -0.05) is 18.2 Å². The Balaban J connectivity index is 1.53. The van der Waals surface area contributed by atoms with Crippen LogP contribution in [0.1, 0.15) is 27.0 Å². The van der Waals surface area contributed by atoms with Crippen molar-refractivity contribution < 1.29 is 18.7 Å². The number of carbonyl (C=O) groups is 1. The van der Waals surface area contributed by atoms with Crippen molar-refractivity contribution >= 4 is 23.0 Å². The molecule has 0 aliphatic rings. The average molecular weight is 430 g/mol. The second-order valence-electron chi connectivity index (χ2n) is 7.00. The van der Waals surface area contributed by atoms with Gasteiger partial charge in [0.1, 0.15) is 23.5 Å². The van der Waals surface area contributed by atoms with Gasteiger partial charge in [-0.15, -0.1) is 0 Å². The molecule has 0 saturated carbocycles. The number of nitrogens with zero attached hydrogens (tertiary/aromatic N) is 3. The van der Waals surface area contributed by atoms with Gasteiger partial charge in [0.2, 0.25) is 0 Å². The molecule has 1 amide bonds. The van der Waals surface area contributed by atoms with Crippen LogP contribution in [0.5, 0.6) is 5.75 Å². The van der Waals surface area contributed by atoms with Crippen molar-refractivity contribution in [3.8, 4) is 11.8 Å². The molecule has 8 heteroatoms. The van der Waals surface area contributed by atoms with Crippen molar-refractivity contribution in [1.29, 1.82) is 5.26 Å². The molecule has 158 valence electrons. The highest BCUT2D eigenvalue weighted by Crippen LogP contribution is 2.22. The zero-order valence-corrected chi connectivity index (χ0v) is 16.6. The minimum absolute atomic E-state index is 0.00896. The number of fused-ring (bicyclic) bond motifs is 1. The summed E-state index contributed by atoms with van der Waals surface area (Å²) in [7, 11) is 0. The Labute approximate surface area is 181 Å². The summed E-state index contributed by atoms with van der Waals surface area (Å²) in [6.07, 6.45) is 3.28. The molecule has 0 saturated heterocycles. The average Bonchev–Trinajstić information content (AvgIpc) is 3.19. The van der Waals surface area contributed by atoms with Crippen molar-refractivity contribution in [2.45, 2.75) is 6.54 Å². The first-order valence-electron chi connectivity index (χ1n) is 9.54. The van der Waals surface area contributed by atoms with Gasteiger partial charge in [-0.05, 0) is 36.4 Å². The van der Waals surface area contributed by atoms with E-state index in [9.17, 15) is 18.7 Å². The van der Waals surface area contributed by atoms with E-state index in [0.717, 1.165) is 22.5 Å². The van der Waals surface area contributed by atoms with Crippen LogP contribution in [-0.2, 0) is 6.54 Å². The van der Waals surface area contributed by atoms with E-state index in [1.807, 2.05) is 28.8 Å². The molecule has 0 fully saturated rings. The summed E-state index contributed by atoms with van der Waals surface area (Å²) in [6.45, 7) is 0.231. The smallest absolute Gasteiger partial charge is 0.271 e. The van der Waals surface area contributed by atoms with Crippen LogP contribution in [0, 0.1) is 23.0 Å². The number of benzene rings is 3. The van der Waals surface area contributed by atoms with Gasteiger partial charge < -0.3 is 9.67 Å². The number of aromatic hydroxyl groups is 1. The molecule has 6 nitrogen and oxygen atoms in total. The number of halogens is 2. The van der Waals surface area contributed by atoms with Crippen LogP contribution in [-0.4, -0.2) is 21.8 Å². The predicted octanol–water partition coefficient (Wildman–Crippen LogP) is 4.31. The molecule has 3 aromatic carbocycles. The molecule has 0 spiro atoms. The lowest BCUT2D eigenvalue weighted by Crippen LogP contribution is -2.17. The van der Waals surface area contributed by atoms with Gasteiger partial charge in [0.05, 0.1) is 18.3 Å². The molecule has 32 heavy (non-hydrogen) atoms. The lowest BCUT2D eigenvalue weighted by atomic mass is 10.1. The highest BCUT2D eigenvalue weighted by Gasteiger charge is 2.10. The quantitative estimate of drug-likeness (QED) is 0.365. The van der Waals surface area contributed by atoms with Crippen LogP contribution in [0.2, 0.25) is 0 Å². The molecule has 0 bridgehead atoms. The maximum Gasteiger partial charge on any atom is 0.271 e. The molecule has 0 radical (unpaired) electrons. The van der Waals surface area contributed by atoms with E-state index in [4.69, 9.17) is 5.26 Å². The number of nitriles is 1. The fourth-order valence-corrected chi connectivity index (χ4v) is 3.32. The number of carbonyl (C=O) groups excluding carboxylic acids is 1. The second kappa shape index (κ2) is 8.70. The molecule has 0 unspecified atom stereocenters. The van der Waals surface area contributed by atoms with Crippen LogP contribution in [0.25, 0.3) is 10.9 Å². The van der Waals surface area contributed by atoms with E-state index in [-0.39, 0.29) is 23.4 Å². The molecule has 4 rings (SSSR count). The monoisotopic (exact) mass is 430 g/mol. The van der Waals surface area contributed by atoms with Gasteiger partial charge in [0.25, 0.3) is 5.91 Å². The van der Waals surface area contributed by atoms with E-state index in [2.05, 4.69) is 10.5 Å². The van der Waals surface area contributed by atoms with Crippen LogP contribution in [0.15, 0.2) is 72.0 Å². The molecule has 1 aromatic heterocycles. The van der Waals surface area contributed by atoms with Crippen molar-refractivity contribution in [3.63, 3.8) is 0 Å². The maximum atomic E-state index is 14.0. The predicted molar refractivity (Wildman–Crippen MR) is 115 cm³/mol. The van der Waals surface area contributed by atoms with Crippen LogP contribution in [0.3, 0.4) is 0 Å². The Hall–Kier alpha value is -4.51. The first kappa shape index (κ1) is 20.8. The third-order valence-corrected chi connectivity index (χ3v) is 4.95. The van der Waals surface area contributed by atoms with E-state index in [1.165, 1.54) is 36.5 Å². The summed E-state index contributed by atoms with van der Waals surface area (Å²) < 4.78 is 29.0. The maximum absolute atomic E-state index is 14.0. The number of nitrogens with one attached hydrogen (secondary N) is 1. The van der Waals surface area contributed by atoms with Crippen molar-refractivity contribution in [1.82, 2.24) is 9.99 Å². The molecule has 1 heterocycles. The fourth-order valence-electron chi connectivity index (χ4n) is 3.32. The SMILES string of the molecule is N#Cc1cc(C(=O)NN=Cc2cccc3c2ccn3Cc2ccc(F)cc2F)ccc1O. The highest BCUT2D eigenvalue weighted by atomic mass is 19.1. The zero-order valence-electron chi connectivity index (χ0n) is 16.6. The Morgan fingerprint density at radius 3 is 2.78 bits per heavy atom. The molecule has 4 aromatic rings. The van der Waals surface area contributed by atoms with Crippen molar-refractivity contribution in [2.75, 3.05) is 0 Å². The van der Waals surface area contributed by atoms with E-state index >= 15 is 0 Å². The summed E-state index contributed by atoms with van der Waals surface area (Å²) in [6, 6.07) is 16.6. The minimum atomic E-state index is -0.625. The summed E-state index contributed by atoms with van der Waals surface area (Å²) in [5.74, 6) is -1.97. The van der Waals surface area contributed by atoms with Gasteiger partial charge in [-0.25, -0.2) is 14.2 Å². The molecular formula is C24H16F2N4O2. The Morgan fingerprint density at radius 1 is 1.16 bits per heavy atom. The van der Waals surface area contributed by atoms with Crippen LogP contribution < -0.4 is 5.43 Å². The number of hydrogen-bond donors (Lipinski definition) is 2. The van der Waals surface area contributed by atoms with Crippen molar-refractivity contribution in [2.24, 2.45) is 5.10 Å². The Bertz CT molecular complexity index is 1400. The van der Waals surface area contributed by atoms with Gasteiger partial charge in [0.15, 0.2) is 0 Å². The first-order chi connectivity index (χ1) is 15.5. The normalized spacial score (nSPS) is 11.0. The molecular weight excluding hydrogens is 414 g/mol. The number of hydrazone groups is 1. The second-order valence-corrected chi connectivity index (χ2v) is 7.00. The zero-order chi connectivity index (χ0) is 22.7. The standard InChI is InChI=1S/C24H16F2N4O2/c25-19-6-4-17(21(26)11-19)14-30-9-8-20-16(2-1-3-22(20)30)13-28-29-24(32)15-5-7-23(31)18(10-15)12-27/h1-11,13,31H,14H2,(H,29,32). The molecule has 0 aliphatic heterocycles. The molecule has 2 N–H and O–H groups in total. The number of rotatable bonds is 5. The van der Waals surface area contributed by atoms with Crippen LogP contribution in [0.4, 0.5) is 8.78 Å². The van der Waals surface area contributed by atoms with E-state index in [0.29, 0.717) is 5.56 Å². The molecule has 0 atom stereocenters. The van der Waals surface area contributed by atoms with Crippen LogP contribution >= 0.6 is 0 Å². The summed E-state index contributed by atoms with van der Waals surface area (Å²) in [4.78, 5) is 12.3. The summed E-state index contributed by atoms with van der Waals surface area (Å²) in [5.41, 5.74) is 4.47. The molecule has 0 aliphatic carbocycles. The van der Waals surface area contributed by atoms with E-state index < -0.39 is 17.5 Å². The van der Waals surface area contributed by atoms with Gasteiger partial charge >= 0.3 is 0 Å². The summed E-state index contributed by atoms with van der Waals surface area (Å²) in [5, 5.41) is 23.3. The first-order valence-corrected chi connectivity index (χ1v) is 9.54. The lowest BCUT2D eigenvalue weighted by molar-refractivity contribution is 0.0955. The topological polar surface area (TPSA) is 90.4 Å². The fraction of sp³-hybridized carbons (Fsp3) is 0.0417. The number of amides is 1. The summed E-state index contributed by atoms with van der Waals surface area (Å²) >= 11 is 0. The highest BCUT2D eigenvalue weighted by molar-refractivity contribution is 6.00. The number of hydrogen-bond acceptors (Lipinski definition) is 4. The lowest BCUT2D eigenvalue weighted by Gasteiger charge is -2.07. The third-order valence-electron chi connectivity index (χ3n) is 4.95. The minimum Gasteiger partial charge on any atom is -0.507 e. The Morgan fingerprint density at radius 2 is 2.00 bits per heavy atom. The van der Waals surface area contributed by atoms with E-state index in [1.54, 1.807) is 12.3 Å². The number of phenols is 1.